The van der Waals surface area contributed by atoms with Crippen molar-refractivity contribution in [3.63, 3.8) is 0 Å². The molecule has 19 heavy (non-hydrogen) atoms. The Labute approximate surface area is 115 Å². The van der Waals surface area contributed by atoms with Gasteiger partial charge >= 0.3 is 0 Å². The van der Waals surface area contributed by atoms with Crippen LogP contribution in [-0.2, 0) is 0 Å². The molecule has 0 aliphatic rings. The fourth-order valence-corrected chi connectivity index (χ4v) is 2.25. The maximum absolute atomic E-state index is 5.86. The van der Waals surface area contributed by atoms with E-state index >= 15 is 0 Å². The molecule has 2 rings (SSSR count). The molecule has 1 aromatic carbocycles. The highest BCUT2D eigenvalue weighted by Gasteiger charge is 2.12. The van der Waals surface area contributed by atoms with Crippen molar-refractivity contribution in [1.82, 2.24) is 4.98 Å². The van der Waals surface area contributed by atoms with E-state index in [9.17, 15) is 0 Å². The highest BCUT2D eigenvalue weighted by Crippen LogP contribution is 2.31. The van der Waals surface area contributed by atoms with Crippen LogP contribution in [0.4, 0.5) is 5.69 Å². The van der Waals surface area contributed by atoms with Crippen molar-refractivity contribution < 1.29 is 0 Å². The number of hydrogen-bond donors (Lipinski definition) is 1. The highest BCUT2D eigenvalue weighted by molar-refractivity contribution is 5.67. The maximum Gasteiger partial charge on any atom is 0.0725 e. The van der Waals surface area contributed by atoms with Gasteiger partial charge in [0.15, 0.2) is 0 Å². The van der Waals surface area contributed by atoms with Crippen LogP contribution in [0.15, 0.2) is 36.5 Å². The lowest BCUT2D eigenvalue weighted by Crippen LogP contribution is -1.98. The van der Waals surface area contributed by atoms with E-state index in [-0.39, 0.29) is 0 Å². The molecule has 0 unspecified atom stereocenters. The van der Waals surface area contributed by atoms with Crippen LogP contribution in [0, 0.1) is 0 Å². The highest BCUT2D eigenvalue weighted by atomic mass is 14.7. The van der Waals surface area contributed by atoms with Gasteiger partial charge in [-0.1, -0.05) is 45.9 Å². The van der Waals surface area contributed by atoms with Crippen molar-refractivity contribution in [2.75, 3.05) is 5.73 Å². The molecule has 0 aliphatic carbocycles. The van der Waals surface area contributed by atoms with Gasteiger partial charge in [-0.25, -0.2) is 0 Å². The van der Waals surface area contributed by atoms with Crippen LogP contribution < -0.4 is 5.73 Å². The Morgan fingerprint density at radius 3 is 2.26 bits per heavy atom. The van der Waals surface area contributed by atoms with E-state index in [2.05, 4.69) is 50.9 Å². The second-order valence-electron chi connectivity index (χ2n) is 5.63. The molecule has 0 bridgehead atoms. The number of anilines is 1. The van der Waals surface area contributed by atoms with Crippen molar-refractivity contribution in [3.8, 4) is 11.3 Å². The van der Waals surface area contributed by atoms with Crippen LogP contribution in [0.25, 0.3) is 11.3 Å². The van der Waals surface area contributed by atoms with E-state index in [1.807, 2.05) is 12.1 Å². The van der Waals surface area contributed by atoms with Gasteiger partial charge < -0.3 is 5.73 Å². The number of nitrogens with two attached hydrogens (primary N) is 1. The Balaban J connectivity index is 2.57. The SMILES string of the molecule is CC(C)c1ccc(-c2cc(N)ccn2)c(C(C)C)c1. The topological polar surface area (TPSA) is 38.9 Å². The summed E-state index contributed by atoms with van der Waals surface area (Å²) in [5, 5.41) is 0. The van der Waals surface area contributed by atoms with Crippen molar-refractivity contribution in [1.29, 1.82) is 0 Å². The molecule has 100 valence electrons. The lowest BCUT2D eigenvalue weighted by Gasteiger charge is -2.16. The van der Waals surface area contributed by atoms with Gasteiger partial charge in [0.1, 0.15) is 0 Å². The minimum absolute atomic E-state index is 0.469. The Hall–Kier alpha value is -1.83. The minimum Gasteiger partial charge on any atom is -0.399 e. The molecule has 0 radical (unpaired) electrons. The summed E-state index contributed by atoms with van der Waals surface area (Å²) in [7, 11) is 0. The molecule has 0 aliphatic heterocycles. The Morgan fingerprint density at radius 1 is 0.947 bits per heavy atom. The molecule has 0 atom stereocenters. The Morgan fingerprint density at radius 2 is 1.68 bits per heavy atom. The molecule has 1 heterocycles. The van der Waals surface area contributed by atoms with Gasteiger partial charge in [0.25, 0.3) is 0 Å². The van der Waals surface area contributed by atoms with Gasteiger partial charge in [-0.15, -0.1) is 0 Å². The largest absolute Gasteiger partial charge is 0.399 e. The summed E-state index contributed by atoms with van der Waals surface area (Å²) < 4.78 is 0. The predicted molar refractivity (Wildman–Crippen MR) is 82.3 cm³/mol. The van der Waals surface area contributed by atoms with Gasteiger partial charge in [-0.05, 0) is 35.1 Å². The van der Waals surface area contributed by atoms with E-state index in [0.717, 1.165) is 11.4 Å². The number of pyridine rings is 1. The number of nitrogen functional groups attached to an aromatic ring is 1. The standard InChI is InChI=1S/C17H22N2/c1-11(2)13-5-6-15(16(9-13)12(3)4)17-10-14(18)7-8-19-17/h5-12H,1-4H3,(H2,18,19). The quantitative estimate of drug-likeness (QED) is 0.870. The monoisotopic (exact) mass is 254 g/mol. The molecular weight excluding hydrogens is 232 g/mol. The third-order valence-electron chi connectivity index (χ3n) is 3.42. The van der Waals surface area contributed by atoms with Crippen molar-refractivity contribution in [2.45, 2.75) is 39.5 Å². The molecule has 2 heteroatoms. The molecule has 0 spiro atoms. The number of hydrogen-bond acceptors (Lipinski definition) is 2. The summed E-state index contributed by atoms with van der Waals surface area (Å²) in [4.78, 5) is 4.45. The number of benzene rings is 1. The number of rotatable bonds is 3. The van der Waals surface area contributed by atoms with E-state index in [4.69, 9.17) is 5.73 Å². The van der Waals surface area contributed by atoms with Gasteiger partial charge in [0.05, 0.1) is 5.69 Å². The summed E-state index contributed by atoms with van der Waals surface area (Å²) in [6.45, 7) is 8.88. The first-order valence-electron chi connectivity index (χ1n) is 6.84. The zero-order valence-corrected chi connectivity index (χ0v) is 12.1. The van der Waals surface area contributed by atoms with Crippen LogP contribution >= 0.6 is 0 Å². The van der Waals surface area contributed by atoms with E-state index < -0.39 is 0 Å². The van der Waals surface area contributed by atoms with Gasteiger partial charge in [0.2, 0.25) is 0 Å². The van der Waals surface area contributed by atoms with E-state index in [0.29, 0.717) is 11.8 Å². The third kappa shape index (κ3) is 2.95. The molecule has 2 nitrogen and oxygen atoms in total. The number of aromatic nitrogens is 1. The third-order valence-corrected chi connectivity index (χ3v) is 3.42. The molecule has 0 amide bonds. The summed E-state index contributed by atoms with van der Waals surface area (Å²) in [6, 6.07) is 10.4. The van der Waals surface area contributed by atoms with Crippen LogP contribution in [0.3, 0.4) is 0 Å². The molecule has 0 saturated carbocycles. The first kappa shape index (κ1) is 13.6. The van der Waals surface area contributed by atoms with Crippen LogP contribution in [0.2, 0.25) is 0 Å². The van der Waals surface area contributed by atoms with E-state index in [1.54, 1.807) is 6.20 Å². The lowest BCUT2D eigenvalue weighted by molar-refractivity contribution is 0.835. The first-order valence-corrected chi connectivity index (χ1v) is 6.84. The van der Waals surface area contributed by atoms with Gasteiger partial charge in [-0.2, -0.15) is 0 Å². The minimum atomic E-state index is 0.469. The second kappa shape index (κ2) is 5.43. The molecule has 2 N–H and O–H groups in total. The zero-order valence-electron chi connectivity index (χ0n) is 12.1. The van der Waals surface area contributed by atoms with Gasteiger partial charge in [-0.3, -0.25) is 4.98 Å². The van der Waals surface area contributed by atoms with Gasteiger partial charge in [0, 0.05) is 17.4 Å². The first-order chi connectivity index (χ1) is 8.99. The van der Waals surface area contributed by atoms with E-state index in [1.165, 1.54) is 16.7 Å². The second-order valence-corrected chi connectivity index (χ2v) is 5.63. The average molecular weight is 254 g/mol. The average Bonchev–Trinajstić information content (AvgIpc) is 2.37. The van der Waals surface area contributed by atoms with Crippen molar-refractivity contribution in [3.05, 3.63) is 47.7 Å². The Bertz CT molecular complexity index is 571. The fraction of sp³-hybridized carbons (Fsp3) is 0.353. The molecular formula is C17H22N2. The van der Waals surface area contributed by atoms with Crippen LogP contribution in [0.5, 0.6) is 0 Å². The lowest BCUT2D eigenvalue weighted by atomic mass is 9.90. The maximum atomic E-state index is 5.86. The summed E-state index contributed by atoms with van der Waals surface area (Å²) in [5.41, 5.74) is 11.5. The Kier molecular flexibility index (Phi) is 3.89. The number of nitrogens with zero attached hydrogens (tertiary/aromatic N) is 1. The predicted octanol–water partition coefficient (Wildman–Crippen LogP) is 4.58. The summed E-state index contributed by atoms with van der Waals surface area (Å²) >= 11 is 0. The van der Waals surface area contributed by atoms with Crippen molar-refractivity contribution in [2.24, 2.45) is 0 Å². The summed E-state index contributed by atoms with van der Waals surface area (Å²) in [5.74, 6) is 1.01. The molecule has 2 aromatic rings. The van der Waals surface area contributed by atoms with Crippen LogP contribution in [-0.4, -0.2) is 4.98 Å². The summed E-state index contributed by atoms with van der Waals surface area (Å²) in [6.07, 6.45) is 1.77. The van der Waals surface area contributed by atoms with Crippen molar-refractivity contribution >= 4 is 5.69 Å². The normalized spacial score (nSPS) is 11.3. The molecule has 0 saturated heterocycles. The molecule has 1 aromatic heterocycles. The smallest absolute Gasteiger partial charge is 0.0725 e. The van der Waals surface area contributed by atoms with Crippen LogP contribution in [0.1, 0.15) is 50.7 Å². The zero-order chi connectivity index (χ0) is 14.0. The molecule has 0 fully saturated rings. The fourth-order valence-electron chi connectivity index (χ4n) is 2.25.